The first-order valence-corrected chi connectivity index (χ1v) is 9.30. The van der Waals surface area contributed by atoms with Gasteiger partial charge in [-0.1, -0.05) is 18.2 Å². The molecule has 3 N–H and O–H groups in total. The molecule has 3 rings (SSSR count). The van der Waals surface area contributed by atoms with Crippen molar-refractivity contribution in [2.75, 3.05) is 29.6 Å². The number of para-hydroxylation sites is 2. The van der Waals surface area contributed by atoms with Crippen molar-refractivity contribution >= 4 is 28.9 Å². The molecule has 0 unspecified atom stereocenters. The first-order valence-electron chi connectivity index (χ1n) is 9.30. The summed E-state index contributed by atoms with van der Waals surface area (Å²) >= 11 is 0. The Balaban J connectivity index is 1.55. The van der Waals surface area contributed by atoms with Crippen LogP contribution in [0, 0.1) is 12.7 Å². The number of amides is 2. The molecular formula is C23H22FN3O3. The normalized spacial score (nSPS) is 10.2. The molecule has 0 atom stereocenters. The van der Waals surface area contributed by atoms with Gasteiger partial charge in [0.1, 0.15) is 11.6 Å². The monoisotopic (exact) mass is 407 g/mol. The molecule has 0 saturated carbocycles. The average molecular weight is 407 g/mol. The van der Waals surface area contributed by atoms with E-state index in [1.165, 1.54) is 13.2 Å². The largest absolute Gasteiger partial charge is 0.495 e. The Morgan fingerprint density at radius 2 is 1.63 bits per heavy atom. The maximum atomic E-state index is 13.6. The summed E-state index contributed by atoms with van der Waals surface area (Å²) in [6, 6.07) is 18.3. The zero-order valence-electron chi connectivity index (χ0n) is 16.7. The van der Waals surface area contributed by atoms with E-state index in [9.17, 15) is 14.0 Å². The van der Waals surface area contributed by atoms with Crippen molar-refractivity contribution < 1.29 is 18.7 Å². The Labute approximate surface area is 174 Å². The summed E-state index contributed by atoms with van der Waals surface area (Å²) in [5.74, 6) is -0.347. The van der Waals surface area contributed by atoms with E-state index in [2.05, 4.69) is 16.0 Å². The lowest BCUT2D eigenvalue weighted by atomic mass is 10.2. The van der Waals surface area contributed by atoms with Gasteiger partial charge in [-0.05, 0) is 61.0 Å². The molecule has 6 nitrogen and oxygen atoms in total. The van der Waals surface area contributed by atoms with Gasteiger partial charge < -0.3 is 20.7 Å². The quantitative estimate of drug-likeness (QED) is 0.541. The van der Waals surface area contributed by atoms with Gasteiger partial charge in [-0.2, -0.15) is 0 Å². The molecule has 0 aliphatic heterocycles. The second kappa shape index (κ2) is 9.56. The molecule has 3 aromatic rings. The molecular weight excluding hydrogens is 385 g/mol. The van der Waals surface area contributed by atoms with Crippen molar-refractivity contribution in [2.24, 2.45) is 0 Å². The van der Waals surface area contributed by atoms with Gasteiger partial charge in [0.15, 0.2) is 0 Å². The van der Waals surface area contributed by atoms with Gasteiger partial charge in [-0.25, -0.2) is 4.39 Å². The van der Waals surface area contributed by atoms with E-state index >= 15 is 0 Å². The Bertz CT molecular complexity index is 1050. The standard InChI is InChI=1S/C23H22FN3O3/c1-15-7-10-18(13-19(15)24)25-14-22(28)26-17-11-8-16(9-12-17)23(29)27-20-5-3-4-6-21(20)30-2/h3-13,25H,14H2,1-2H3,(H,26,28)(H,27,29). The molecule has 0 aliphatic rings. The van der Waals surface area contributed by atoms with Crippen LogP contribution in [0.1, 0.15) is 15.9 Å². The number of carbonyl (C=O) groups excluding carboxylic acids is 2. The summed E-state index contributed by atoms with van der Waals surface area (Å²) in [5, 5.41) is 8.39. The average Bonchev–Trinajstić information content (AvgIpc) is 2.75. The maximum absolute atomic E-state index is 13.6. The lowest BCUT2D eigenvalue weighted by Gasteiger charge is -2.11. The lowest BCUT2D eigenvalue weighted by Crippen LogP contribution is -2.22. The number of benzene rings is 3. The van der Waals surface area contributed by atoms with Crippen molar-refractivity contribution in [3.05, 3.63) is 83.7 Å². The van der Waals surface area contributed by atoms with Gasteiger partial charge in [-0.15, -0.1) is 0 Å². The summed E-state index contributed by atoms with van der Waals surface area (Å²) in [6.45, 7) is 1.66. The number of carbonyl (C=O) groups is 2. The molecule has 7 heteroatoms. The number of halogens is 1. The van der Waals surface area contributed by atoms with E-state index in [-0.39, 0.29) is 24.2 Å². The Kier molecular flexibility index (Phi) is 6.64. The van der Waals surface area contributed by atoms with Crippen LogP contribution >= 0.6 is 0 Å². The molecule has 0 heterocycles. The van der Waals surface area contributed by atoms with E-state index in [0.717, 1.165) is 0 Å². The van der Waals surface area contributed by atoms with E-state index in [1.807, 2.05) is 6.07 Å². The highest BCUT2D eigenvalue weighted by Crippen LogP contribution is 2.24. The third kappa shape index (κ3) is 5.35. The van der Waals surface area contributed by atoms with Crippen LogP contribution in [0.3, 0.4) is 0 Å². The first-order chi connectivity index (χ1) is 14.5. The maximum Gasteiger partial charge on any atom is 0.255 e. The highest BCUT2D eigenvalue weighted by Gasteiger charge is 2.10. The minimum atomic E-state index is -0.331. The van der Waals surface area contributed by atoms with Gasteiger partial charge in [0, 0.05) is 16.9 Å². The second-order valence-electron chi connectivity index (χ2n) is 6.60. The Hall–Kier alpha value is -3.87. The van der Waals surface area contributed by atoms with Crippen LogP contribution in [0.15, 0.2) is 66.7 Å². The molecule has 3 aromatic carbocycles. The molecule has 0 spiro atoms. The minimum absolute atomic E-state index is 0.0153. The fraction of sp³-hybridized carbons (Fsp3) is 0.130. The summed E-state index contributed by atoms with van der Waals surface area (Å²) in [4.78, 5) is 24.5. The lowest BCUT2D eigenvalue weighted by molar-refractivity contribution is -0.114. The number of methoxy groups -OCH3 is 1. The van der Waals surface area contributed by atoms with Crippen LogP contribution in [0.4, 0.5) is 21.5 Å². The predicted molar refractivity (Wildman–Crippen MR) is 116 cm³/mol. The number of anilines is 3. The zero-order chi connectivity index (χ0) is 21.5. The molecule has 0 aliphatic carbocycles. The van der Waals surface area contributed by atoms with E-state index in [1.54, 1.807) is 61.5 Å². The highest BCUT2D eigenvalue weighted by molar-refractivity contribution is 6.05. The molecule has 30 heavy (non-hydrogen) atoms. The number of ether oxygens (including phenoxy) is 1. The third-order valence-corrected chi connectivity index (χ3v) is 4.41. The number of rotatable bonds is 7. The van der Waals surface area contributed by atoms with Crippen molar-refractivity contribution in [3.63, 3.8) is 0 Å². The summed E-state index contributed by atoms with van der Waals surface area (Å²) in [7, 11) is 1.53. The minimum Gasteiger partial charge on any atom is -0.495 e. The molecule has 154 valence electrons. The fourth-order valence-corrected chi connectivity index (χ4v) is 2.74. The number of nitrogens with one attached hydrogen (secondary N) is 3. The van der Waals surface area contributed by atoms with Crippen LogP contribution in [-0.4, -0.2) is 25.5 Å². The predicted octanol–water partition coefficient (Wildman–Crippen LogP) is 4.45. The zero-order valence-corrected chi connectivity index (χ0v) is 16.7. The summed E-state index contributed by atoms with van der Waals surface area (Å²) in [6.07, 6.45) is 0. The number of aryl methyl sites for hydroxylation is 1. The van der Waals surface area contributed by atoms with Crippen LogP contribution in [0.2, 0.25) is 0 Å². The van der Waals surface area contributed by atoms with Gasteiger partial charge in [0.05, 0.1) is 19.3 Å². The SMILES string of the molecule is COc1ccccc1NC(=O)c1ccc(NC(=O)CNc2ccc(C)c(F)c2)cc1. The van der Waals surface area contributed by atoms with Crippen molar-refractivity contribution in [3.8, 4) is 5.75 Å². The smallest absolute Gasteiger partial charge is 0.255 e. The van der Waals surface area contributed by atoms with Crippen LogP contribution < -0.4 is 20.7 Å². The third-order valence-electron chi connectivity index (χ3n) is 4.41. The first kappa shape index (κ1) is 20.9. The van der Waals surface area contributed by atoms with Gasteiger partial charge in [0.2, 0.25) is 5.91 Å². The van der Waals surface area contributed by atoms with Crippen molar-refractivity contribution in [1.82, 2.24) is 0 Å². The fourth-order valence-electron chi connectivity index (χ4n) is 2.74. The van der Waals surface area contributed by atoms with Crippen LogP contribution in [0.25, 0.3) is 0 Å². The highest BCUT2D eigenvalue weighted by atomic mass is 19.1. The molecule has 0 radical (unpaired) electrons. The van der Waals surface area contributed by atoms with Gasteiger partial charge in [-0.3, -0.25) is 9.59 Å². The van der Waals surface area contributed by atoms with E-state index in [4.69, 9.17) is 4.74 Å². The van der Waals surface area contributed by atoms with Crippen LogP contribution in [0.5, 0.6) is 5.75 Å². The number of hydrogen-bond donors (Lipinski definition) is 3. The molecule has 0 fully saturated rings. The summed E-state index contributed by atoms with van der Waals surface area (Å²) < 4.78 is 18.8. The Morgan fingerprint density at radius 1 is 0.933 bits per heavy atom. The molecule has 0 saturated heterocycles. The van der Waals surface area contributed by atoms with E-state index in [0.29, 0.717) is 33.9 Å². The molecule has 0 aromatic heterocycles. The Morgan fingerprint density at radius 3 is 2.33 bits per heavy atom. The van der Waals surface area contributed by atoms with Crippen molar-refractivity contribution in [2.45, 2.75) is 6.92 Å². The summed E-state index contributed by atoms with van der Waals surface area (Å²) in [5.41, 5.74) is 2.62. The van der Waals surface area contributed by atoms with Gasteiger partial charge in [0.25, 0.3) is 5.91 Å². The van der Waals surface area contributed by atoms with Crippen LogP contribution in [-0.2, 0) is 4.79 Å². The van der Waals surface area contributed by atoms with Crippen molar-refractivity contribution in [1.29, 1.82) is 0 Å². The topological polar surface area (TPSA) is 79.5 Å². The van der Waals surface area contributed by atoms with E-state index < -0.39 is 0 Å². The second-order valence-corrected chi connectivity index (χ2v) is 6.60. The molecule has 0 bridgehead atoms. The van der Waals surface area contributed by atoms with Gasteiger partial charge >= 0.3 is 0 Å². The number of hydrogen-bond acceptors (Lipinski definition) is 4. The molecule has 2 amide bonds.